The van der Waals surface area contributed by atoms with E-state index in [0.29, 0.717) is 12.2 Å². The quantitative estimate of drug-likeness (QED) is 0.766. The van der Waals surface area contributed by atoms with Crippen molar-refractivity contribution in [3.63, 3.8) is 0 Å². The van der Waals surface area contributed by atoms with Crippen molar-refractivity contribution in [2.45, 2.75) is 32.7 Å². The first-order valence-corrected chi connectivity index (χ1v) is 7.47. The monoisotopic (exact) mass is 354 g/mol. The SMILES string of the molecule is CC(C)(C)c1cc(C(=O)Cl)n(Cc2cccc(Br)c2)n1. The molecule has 0 N–H and O–H groups in total. The predicted molar refractivity (Wildman–Crippen MR) is 84.4 cm³/mol. The average Bonchev–Trinajstić information content (AvgIpc) is 2.72. The highest BCUT2D eigenvalue weighted by Crippen LogP contribution is 2.23. The largest absolute Gasteiger partial charge is 0.274 e. The van der Waals surface area contributed by atoms with Crippen molar-refractivity contribution in [2.24, 2.45) is 0 Å². The third-order valence-electron chi connectivity index (χ3n) is 2.97. The molecule has 0 bridgehead atoms. The standard InChI is InChI=1S/C15H16BrClN2O/c1-15(2,3)13-8-12(14(17)20)19(18-13)9-10-5-4-6-11(16)7-10/h4-8H,9H2,1-3H3. The number of aromatic nitrogens is 2. The fourth-order valence-corrected chi connectivity index (χ4v) is 2.47. The van der Waals surface area contributed by atoms with Gasteiger partial charge in [-0.15, -0.1) is 0 Å². The number of hydrogen-bond acceptors (Lipinski definition) is 2. The van der Waals surface area contributed by atoms with Gasteiger partial charge >= 0.3 is 0 Å². The zero-order valence-electron chi connectivity index (χ0n) is 11.7. The predicted octanol–water partition coefficient (Wildman–Crippen LogP) is 4.37. The van der Waals surface area contributed by atoms with Gasteiger partial charge in [0.1, 0.15) is 5.69 Å². The summed E-state index contributed by atoms with van der Waals surface area (Å²) in [5.41, 5.74) is 2.22. The zero-order chi connectivity index (χ0) is 14.9. The Kier molecular flexibility index (Phi) is 4.35. The number of hydrogen-bond donors (Lipinski definition) is 0. The molecule has 0 spiro atoms. The fraction of sp³-hybridized carbons (Fsp3) is 0.333. The van der Waals surface area contributed by atoms with E-state index in [1.807, 2.05) is 24.3 Å². The van der Waals surface area contributed by atoms with E-state index >= 15 is 0 Å². The molecule has 0 aliphatic heterocycles. The minimum atomic E-state index is -0.483. The van der Waals surface area contributed by atoms with Crippen LogP contribution < -0.4 is 0 Å². The van der Waals surface area contributed by atoms with Crippen LogP contribution in [0.2, 0.25) is 0 Å². The van der Waals surface area contributed by atoms with E-state index in [-0.39, 0.29) is 5.41 Å². The van der Waals surface area contributed by atoms with Crippen LogP contribution in [0.1, 0.15) is 42.5 Å². The molecule has 2 aromatic rings. The molecule has 0 atom stereocenters. The lowest BCUT2D eigenvalue weighted by Crippen LogP contribution is -2.13. The van der Waals surface area contributed by atoms with E-state index in [1.54, 1.807) is 10.7 Å². The Balaban J connectivity index is 2.40. The second-order valence-electron chi connectivity index (χ2n) is 5.73. The van der Waals surface area contributed by atoms with Crippen molar-refractivity contribution >= 4 is 32.8 Å². The summed E-state index contributed by atoms with van der Waals surface area (Å²) in [6, 6.07) is 9.68. The molecule has 5 heteroatoms. The average molecular weight is 356 g/mol. The molecule has 2 rings (SSSR count). The number of benzene rings is 1. The molecule has 1 heterocycles. The number of carbonyl (C=O) groups is 1. The first-order valence-electron chi connectivity index (χ1n) is 6.30. The smallest absolute Gasteiger partial charge is 0.270 e. The Labute approximate surface area is 132 Å². The maximum absolute atomic E-state index is 11.6. The first kappa shape index (κ1) is 15.3. The lowest BCUT2D eigenvalue weighted by atomic mass is 9.92. The Hall–Kier alpha value is -1.13. The molecule has 1 aromatic carbocycles. The number of nitrogens with zero attached hydrogens (tertiary/aromatic N) is 2. The lowest BCUT2D eigenvalue weighted by molar-refractivity contribution is 0.107. The van der Waals surface area contributed by atoms with Crippen molar-refractivity contribution in [3.8, 4) is 0 Å². The summed E-state index contributed by atoms with van der Waals surface area (Å²) in [6.07, 6.45) is 0. The van der Waals surface area contributed by atoms with Crippen molar-refractivity contribution < 1.29 is 4.79 Å². The van der Waals surface area contributed by atoms with Crippen LogP contribution in [0.3, 0.4) is 0 Å². The van der Waals surface area contributed by atoms with Crippen molar-refractivity contribution in [3.05, 3.63) is 51.8 Å². The van der Waals surface area contributed by atoms with Gasteiger partial charge in [-0.2, -0.15) is 5.10 Å². The van der Waals surface area contributed by atoms with Gasteiger partial charge in [-0.1, -0.05) is 48.8 Å². The van der Waals surface area contributed by atoms with Gasteiger partial charge in [0.05, 0.1) is 12.2 Å². The number of carbonyl (C=O) groups excluding carboxylic acids is 1. The number of rotatable bonds is 3. The molecule has 0 aliphatic carbocycles. The van der Waals surface area contributed by atoms with E-state index in [1.165, 1.54) is 0 Å². The minimum absolute atomic E-state index is 0.121. The molecule has 3 nitrogen and oxygen atoms in total. The third-order valence-corrected chi connectivity index (χ3v) is 3.66. The van der Waals surface area contributed by atoms with Gasteiger partial charge in [0.15, 0.2) is 0 Å². The van der Waals surface area contributed by atoms with Crippen LogP contribution in [0, 0.1) is 0 Å². The van der Waals surface area contributed by atoms with Crippen molar-refractivity contribution in [1.29, 1.82) is 0 Å². The maximum atomic E-state index is 11.6. The van der Waals surface area contributed by atoms with E-state index in [9.17, 15) is 4.79 Å². The van der Waals surface area contributed by atoms with Gasteiger partial charge in [0, 0.05) is 9.89 Å². The summed E-state index contributed by atoms with van der Waals surface area (Å²) in [5.74, 6) is 0. The van der Waals surface area contributed by atoms with E-state index < -0.39 is 5.24 Å². The minimum Gasteiger partial charge on any atom is -0.274 e. The summed E-state index contributed by atoms with van der Waals surface area (Å²) in [6.45, 7) is 6.69. The summed E-state index contributed by atoms with van der Waals surface area (Å²) < 4.78 is 2.66. The van der Waals surface area contributed by atoms with Crippen LogP contribution in [0.5, 0.6) is 0 Å². The zero-order valence-corrected chi connectivity index (χ0v) is 14.0. The molecule has 106 valence electrons. The molecule has 0 saturated carbocycles. The first-order chi connectivity index (χ1) is 9.27. The van der Waals surface area contributed by atoms with Gasteiger partial charge in [-0.25, -0.2) is 0 Å². The third kappa shape index (κ3) is 3.49. The van der Waals surface area contributed by atoms with Gasteiger partial charge in [-0.3, -0.25) is 9.48 Å². The second-order valence-corrected chi connectivity index (χ2v) is 6.99. The highest BCUT2D eigenvalue weighted by Gasteiger charge is 2.22. The Morgan fingerprint density at radius 2 is 2.05 bits per heavy atom. The summed E-state index contributed by atoms with van der Waals surface area (Å²) >= 11 is 9.10. The molecule has 0 aliphatic rings. The van der Waals surface area contributed by atoms with Crippen LogP contribution in [-0.4, -0.2) is 15.0 Å². The summed E-state index contributed by atoms with van der Waals surface area (Å²) in [7, 11) is 0. The molecule has 0 unspecified atom stereocenters. The Morgan fingerprint density at radius 3 is 2.60 bits per heavy atom. The van der Waals surface area contributed by atoms with Gasteiger partial charge < -0.3 is 0 Å². The fourth-order valence-electron chi connectivity index (χ4n) is 1.87. The van der Waals surface area contributed by atoms with Gasteiger partial charge in [0.2, 0.25) is 0 Å². The van der Waals surface area contributed by atoms with Crippen molar-refractivity contribution in [1.82, 2.24) is 9.78 Å². The number of halogens is 2. The highest BCUT2D eigenvalue weighted by atomic mass is 79.9. The molecule has 0 saturated heterocycles. The van der Waals surface area contributed by atoms with Gasteiger partial charge in [-0.05, 0) is 35.4 Å². The van der Waals surface area contributed by atoms with Crippen LogP contribution >= 0.6 is 27.5 Å². The lowest BCUT2D eigenvalue weighted by Gasteiger charge is -2.14. The van der Waals surface area contributed by atoms with E-state index in [2.05, 4.69) is 41.8 Å². The molecular formula is C15H16BrClN2O. The Morgan fingerprint density at radius 1 is 1.35 bits per heavy atom. The molecule has 0 fully saturated rings. The van der Waals surface area contributed by atoms with Crippen LogP contribution in [0.25, 0.3) is 0 Å². The van der Waals surface area contributed by atoms with Crippen LogP contribution in [0.4, 0.5) is 0 Å². The topological polar surface area (TPSA) is 34.9 Å². The maximum Gasteiger partial charge on any atom is 0.270 e. The second kappa shape index (κ2) is 5.70. The van der Waals surface area contributed by atoms with Crippen LogP contribution in [-0.2, 0) is 12.0 Å². The molecule has 20 heavy (non-hydrogen) atoms. The highest BCUT2D eigenvalue weighted by molar-refractivity contribution is 9.10. The summed E-state index contributed by atoms with van der Waals surface area (Å²) in [5, 5.41) is 4.04. The van der Waals surface area contributed by atoms with E-state index in [0.717, 1.165) is 15.7 Å². The Bertz CT molecular complexity index is 644. The van der Waals surface area contributed by atoms with Crippen LogP contribution in [0.15, 0.2) is 34.8 Å². The van der Waals surface area contributed by atoms with Crippen molar-refractivity contribution in [2.75, 3.05) is 0 Å². The molecule has 0 radical (unpaired) electrons. The van der Waals surface area contributed by atoms with E-state index in [4.69, 9.17) is 11.6 Å². The summed E-state index contributed by atoms with van der Waals surface area (Å²) in [4.78, 5) is 11.6. The molecule has 0 amide bonds. The molecule has 1 aromatic heterocycles. The van der Waals surface area contributed by atoms with Gasteiger partial charge in [0.25, 0.3) is 5.24 Å². The normalized spacial score (nSPS) is 11.7. The molecular weight excluding hydrogens is 340 g/mol.